The normalized spacial score (nSPS) is 12.6. The van der Waals surface area contributed by atoms with Crippen LogP contribution in [0.15, 0.2) is 42.7 Å². The molecule has 0 N–H and O–H groups in total. The molecule has 0 spiro atoms. The van der Waals surface area contributed by atoms with Crippen molar-refractivity contribution in [1.82, 2.24) is 4.23 Å². The van der Waals surface area contributed by atoms with Crippen LogP contribution in [0.4, 0.5) is 0 Å². The Balaban J connectivity index is 2.49. The molecule has 1 nitrogen and oxygen atoms in total. The van der Waals surface area contributed by atoms with E-state index in [1.54, 1.807) is 0 Å². The Kier molecular flexibility index (Phi) is 5.24. The van der Waals surface area contributed by atoms with Crippen molar-refractivity contribution in [3.8, 4) is 11.1 Å². The van der Waals surface area contributed by atoms with Crippen LogP contribution in [0.1, 0.15) is 41.5 Å². The van der Waals surface area contributed by atoms with E-state index in [0.717, 1.165) is 5.02 Å². The van der Waals surface area contributed by atoms with E-state index in [1.165, 1.54) is 11.1 Å². The lowest BCUT2D eigenvalue weighted by Crippen LogP contribution is -2.51. The minimum atomic E-state index is -1.64. The minimum Gasteiger partial charge on any atom is -0.379 e. The zero-order valence-electron chi connectivity index (χ0n) is 14.6. The van der Waals surface area contributed by atoms with Crippen LogP contribution in [0.3, 0.4) is 0 Å². The second-order valence-electron chi connectivity index (χ2n) is 7.17. The van der Waals surface area contributed by atoms with Gasteiger partial charge in [0.1, 0.15) is 0 Å². The number of rotatable bonds is 5. The van der Waals surface area contributed by atoms with E-state index < -0.39 is 8.24 Å². The Morgan fingerprint density at radius 3 is 1.73 bits per heavy atom. The van der Waals surface area contributed by atoms with Crippen molar-refractivity contribution < 1.29 is 0 Å². The first kappa shape index (κ1) is 17.4. The van der Waals surface area contributed by atoms with Crippen LogP contribution >= 0.6 is 11.6 Å². The van der Waals surface area contributed by atoms with Crippen molar-refractivity contribution in [3.63, 3.8) is 0 Å². The number of halogens is 1. The third kappa shape index (κ3) is 2.91. The molecule has 1 aromatic carbocycles. The number of aromatic nitrogens is 1. The average Bonchev–Trinajstić information content (AvgIpc) is 2.88. The van der Waals surface area contributed by atoms with E-state index in [4.69, 9.17) is 11.6 Å². The summed E-state index contributed by atoms with van der Waals surface area (Å²) in [5.74, 6) is 0. The molecular formula is C19H28ClNSi. The van der Waals surface area contributed by atoms with Gasteiger partial charge in [-0.25, -0.2) is 0 Å². The molecule has 0 amide bonds. The van der Waals surface area contributed by atoms with Gasteiger partial charge in [-0.1, -0.05) is 65.3 Å². The van der Waals surface area contributed by atoms with Gasteiger partial charge in [-0.05, 0) is 52.1 Å². The van der Waals surface area contributed by atoms with Crippen molar-refractivity contribution in [2.24, 2.45) is 0 Å². The van der Waals surface area contributed by atoms with Crippen molar-refractivity contribution in [2.45, 2.75) is 58.2 Å². The van der Waals surface area contributed by atoms with Crippen LogP contribution in [0.2, 0.25) is 21.6 Å². The van der Waals surface area contributed by atoms with Gasteiger partial charge in [0.15, 0.2) is 8.24 Å². The maximum atomic E-state index is 6.00. The first-order chi connectivity index (χ1) is 10.3. The van der Waals surface area contributed by atoms with Gasteiger partial charge in [0.25, 0.3) is 0 Å². The summed E-state index contributed by atoms with van der Waals surface area (Å²) in [7, 11) is -1.64. The average molecular weight is 334 g/mol. The van der Waals surface area contributed by atoms with E-state index >= 15 is 0 Å². The molecule has 1 aromatic heterocycles. The fourth-order valence-electron chi connectivity index (χ4n) is 4.34. The summed E-state index contributed by atoms with van der Waals surface area (Å²) in [5.41, 5.74) is 4.65. The molecule has 0 unspecified atom stereocenters. The first-order valence-corrected chi connectivity index (χ1v) is 10.8. The molecule has 0 aliphatic carbocycles. The van der Waals surface area contributed by atoms with Crippen molar-refractivity contribution >= 4 is 19.8 Å². The van der Waals surface area contributed by atoms with E-state index in [1.807, 2.05) is 12.1 Å². The molecule has 0 aliphatic rings. The Labute approximate surface area is 141 Å². The van der Waals surface area contributed by atoms with Gasteiger partial charge in [0, 0.05) is 11.2 Å². The number of nitrogens with zero attached hydrogens (tertiary/aromatic N) is 1. The van der Waals surface area contributed by atoms with Gasteiger partial charge in [0.2, 0.25) is 0 Å². The van der Waals surface area contributed by atoms with Crippen LogP contribution in [0, 0.1) is 0 Å². The van der Waals surface area contributed by atoms with Crippen LogP contribution in [-0.4, -0.2) is 12.5 Å². The highest BCUT2D eigenvalue weighted by Gasteiger charge is 2.44. The Morgan fingerprint density at radius 1 is 0.773 bits per heavy atom. The summed E-state index contributed by atoms with van der Waals surface area (Å²) >= 11 is 6.00. The fraction of sp³-hybridized carbons (Fsp3) is 0.474. The minimum absolute atomic E-state index is 0.706. The van der Waals surface area contributed by atoms with Crippen molar-refractivity contribution in [3.05, 3.63) is 47.7 Å². The summed E-state index contributed by atoms with van der Waals surface area (Å²) in [6.45, 7) is 14.4. The van der Waals surface area contributed by atoms with Crippen LogP contribution in [-0.2, 0) is 0 Å². The smallest absolute Gasteiger partial charge is 0.168 e. The highest BCUT2D eigenvalue weighted by atomic mass is 35.5. The SMILES string of the molecule is CC(C)[Si](C(C)C)(C(C)C)n1ccc(-c2ccc(Cl)cc2)c1. The number of hydrogen-bond donors (Lipinski definition) is 0. The molecule has 0 atom stereocenters. The molecular weight excluding hydrogens is 306 g/mol. The fourth-order valence-corrected chi connectivity index (χ4v) is 11.0. The maximum absolute atomic E-state index is 6.00. The summed E-state index contributed by atoms with van der Waals surface area (Å²) in [6, 6.07) is 10.4. The van der Waals surface area contributed by atoms with Gasteiger partial charge in [0.05, 0.1) is 0 Å². The van der Waals surface area contributed by atoms with Gasteiger partial charge in [-0.15, -0.1) is 0 Å². The number of benzene rings is 1. The maximum Gasteiger partial charge on any atom is 0.168 e. The van der Waals surface area contributed by atoms with Gasteiger partial charge >= 0.3 is 0 Å². The molecule has 0 bridgehead atoms. The van der Waals surface area contributed by atoms with Crippen LogP contribution in [0.5, 0.6) is 0 Å². The Hall–Kier alpha value is -0.993. The van der Waals surface area contributed by atoms with Gasteiger partial charge < -0.3 is 4.23 Å². The molecule has 3 heteroatoms. The molecule has 22 heavy (non-hydrogen) atoms. The summed E-state index contributed by atoms with van der Waals surface area (Å²) in [6.07, 6.45) is 4.66. The molecule has 2 rings (SSSR count). The Bertz CT molecular complexity index is 589. The van der Waals surface area contributed by atoms with Gasteiger partial charge in [-0.2, -0.15) is 0 Å². The lowest BCUT2D eigenvalue weighted by molar-refractivity contribution is 0.766. The van der Waals surface area contributed by atoms with E-state index in [9.17, 15) is 0 Å². The highest BCUT2D eigenvalue weighted by molar-refractivity contribution is 6.82. The topological polar surface area (TPSA) is 4.93 Å². The molecule has 120 valence electrons. The standard InChI is InChI=1S/C19H28ClNSi/c1-14(2)22(15(3)4,16(5)6)21-12-11-18(13-21)17-7-9-19(20)10-8-17/h7-16H,1-6H3. The molecule has 0 radical (unpaired) electrons. The molecule has 1 heterocycles. The van der Waals surface area contributed by atoms with E-state index in [-0.39, 0.29) is 0 Å². The second-order valence-corrected chi connectivity index (χ2v) is 13.4. The quantitative estimate of drug-likeness (QED) is 0.528. The highest BCUT2D eigenvalue weighted by Crippen LogP contribution is 2.43. The van der Waals surface area contributed by atoms with Crippen LogP contribution in [0.25, 0.3) is 11.1 Å². The zero-order chi connectivity index (χ0) is 16.5. The van der Waals surface area contributed by atoms with Crippen molar-refractivity contribution in [2.75, 3.05) is 0 Å². The largest absolute Gasteiger partial charge is 0.379 e. The number of hydrogen-bond acceptors (Lipinski definition) is 0. The molecule has 0 saturated heterocycles. The summed E-state index contributed by atoms with van der Waals surface area (Å²) in [5, 5.41) is 0.790. The summed E-state index contributed by atoms with van der Waals surface area (Å²) < 4.78 is 2.58. The van der Waals surface area contributed by atoms with E-state index in [0.29, 0.717) is 16.6 Å². The predicted octanol–water partition coefficient (Wildman–Crippen LogP) is 6.83. The zero-order valence-corrected chi connectivity index (χ0v) is 16.4. The monoisotopic (exact) mass is 333 g/mol. The third-order valence-electron chi connectivity index (χ3n) is 5.09. The molecule has 0 saturated carbocycles. The summed E-state index contributed by atoms with van der Waals surface area (Å²) in [4.78, 5) is 0. The van der Waals surface area contributed by atoms with Crippen LogP contribution < -0.4 is 0 Å². The van der Waals surface area contributed by atoms with Crippen molar-refractivity contribution in [1.29, 1.82) is 0 Å². The predicted molar refractivity (Wildman–Crippen MR) is 101 cm³/mol. The lowest BCUT2D eigenvalue weighted by atomic mass is 10.1. The first-order valence-electron chi connectivity index (χ1n) is 8.24. The lowest BCUT2D eigenvalue weighted by Gasteiger charge is -2.44. The Morgan fingerprint density at radius 2 is 1.27 bits per heavy atom. The van der Waals surface area contributed by atoms with E-state index in [2.05, 4.69) is 76.4 Å². The molecule has 0 fully saturated rings. The molecule has 0 aliphatic heterocycles. The van der Waals surface area contributed by atoms with Gasteiger partial charge in [-0.3, -0.25) is 0 Å². The third-order valence-corrected chi connectivity index (χ3v) is 12.1. The molecule has 2 aromatic rings. The second kappa shape index (κ2) is 6.63.